The van der Waals surface area contributed by atoms with Gasteiger partial charge in [0.15, 0.2) is 5.78 Å². The SMILES string of the molecule is Cc1ccc(Cc2ccc(C(=O)C(C)C)cc2)cc1. The van der Waals surface area contributed by atoms with E-state index in [1.54, 1.807) is 0 Å². The van der Waals surface area contributed by atoms with Crippen molar-refractivity contribution in [1.29, 1.82) is 0 Å². The summed E-state index contributed by atoms with van der Waals surface area (Å²) in [5.74, 6) is 0.268. The van der Waals surface area contributed by atoms with Gasteiger partial charge in [0.2, 0.25) is 0 Å². The third-order valence-electron chi connectivity index (χ3n) is 3.29. The van der Waals surface area contributed by atoms with Gasteiger partial charge in [-0.3, -0.25) is 4.79 Å². The average molecular weight is 252 g/mol. The highest BCUT2D eigenvalue weighted by Crippen LogP contribution is 2.14. The molecule has 0 fully saturated rings. The lowest BCUT2D eigenvalue weighted by Gasteiger charge is -2.06. The molecule has 0 aromatic heterocycles. The fraction of sp³-hybridized carbons (Fsp3) is 0.278. The topological polar surface area (TPSA) is 17.1 Å². The van der Waals surface area contributed by atoms with Crippen LogP contribution < -0.4 is 0 Å². The second-order valence-corrected chi connectivity index (χ2v) is 5.38. The van der Waals surface area contributed by atoms with E-state index in [4.69, 9.17) is 0 Å². The monoisotopic (exact) mass is 252 g/mol. The molecule has 0 aliphatic rings. The van der Waals surface area contributed by atoms with E-state index in [1.165, 1.54) is 16.7 Å². The molecule has 1 heteroatoms. The molecule has 0 saturated heterocycles. The van der Waals surface area contributed by atoms with Gasteiger partial charge in [-0.1, -0.05) is 67.9 Å². The number of carbonyl (C=O) groups excluding carboxylic acids is 1. The number of hydrogen-bond acceptors (Lipinski definition) is 1. The maximum absolute atomic E-state index is 11.9. The molecule has 98 valence electrons. The molecule has 0 saturated carbocycles. The molecule has 0 spiro atoms. The fourth-order valence-electron chi connectivity index (χ4n) is 2.06. The summed E-state index contributed by atoms with van der Waals surface area (Å²) in [6, 6.07) is 16.5. The van der Waals surface area contributed by atoms with Crippen LogP contribution in [-0.4, -0.2) is 5.78 Å². The lowest BCUT2D eigenvalue weighted by Crippen LogP contribution is -2.07. The third kappa shape index (κ3) is 3.54. The molecule has 0 bridgehead atoms. The Morgan fingerprint density at radius 1 is 0.895 bits per heavy atom. The Bertz CT molecular complexity index is 547. The van der Waals surface area contributed by atoms with Gasteiger partial charge >= 0.3 is 0 Å². The van der Waals surface area contributed by atoms with Gasteiger partial charge in [0.05, 0.1) is 0 Å². The molecule has 2 aromatic carbocycles. The van der Waals surface area contributed by atoms with Crippen molar-refractivity contribution in [3.8, 4) is 0 Å². The smallest absolute Gasteiger partial charge is 0.165 e. The Morgan fingerprint density at radius 2 is 1.37 bits per heavy atom. The Labute approximate surface area is 115 Å². The van der Waals surface area contributed by atoms with Crippen molar-refractivity contribution in [1.82, 2.24) is 0 Å². The second kappa shape index (κ2) is 5.83. The Kier molecular flexibility index (Phi) is 4.16. The molecular weight excluding hydrogens is 232 g/mol. The minimum Gasteiger partial charge on any atom is -0.294 e. The first-order valence-electron chi connectivity index (χ1n) is 6.75. The van der Waals surface area contributed by atoms with Gasteiger partial charge in [-0.05, 0) is 24.5 Å². The highest BCUT2D eigenvalue weighted by molar-refractivity contribution is 5.97. The normalized spacial score (nSPS) is 10.7. The number of hydrogen-bond donors (Lipinski definition) is 0. The van der Waals surface area contributed by atoms with Crippen LogP contribution in [0.5, 0.6) is 0 Å². The van der Waals surface area contributed by atoms with E-state index in [0.29, 0.717) is 0 Å². The Hall–Kier alpha value is -1.89. The van der Waals surface area contributed by atoms with E-state index < -0.39 is 0 Å². The molecule has 0 radical (unpaired) electrons. The minimum atomic E-state index is 0.0583. The maximum atomic E-state index is 11.9. The largest absolute Gasteiger partial charge is 0.294 e. The predicted molar refractivity (Wildman–Crippen MR) is 79.6 cm³/mol. The zero-order valence-electron chi connectivity index (χ0n) is 11.8. The summed E-state index contributed by atoms with van der Waals surface area (Å²) in [5.41, 5.74) is 4.63. The van der Waals surface area contributed by atoms with Crippen LogP contribution in [0.3, 0.4) is 0 Å². The van der Waals surface area contributed by atoms with Crippen molar-refractivity contribution < 1.29 is 4.79 Å². The molecule has 2 rings (SSSR count). The third-order valence-corrected chi connectivity index (χ3v) is 3.29. The standard InChI is InChI=1S/C18H20O/c1-13(2)18(19)17-10-8-16(9-11-17)12-15-6-4-14(3)5-7-15/h4-11,13H,12H2,1-3H3. The van der Waals surface area contributed by atoms with Gasteiger partial charge < -0.3 is 0 Å². The van der Waals surface area contributed by atoms with E-state index in [2.05, 4.69) is 43.3 Å². The second-order valence-electron chi connectivity index (χ2n) is 5.38. The lowest BCUT2D eigenvalue weighted by atomic mass is 9.98. The Morgan fingerprint density at radius 3 is 1.84 bits per heavy atom. The van der Waals surface area contributed by atoms with Gasteiger partial charge in [0.25, 0.3) is 0 Å². The van der Waals surface area contributed by atoms with E-state index in [-0.39, 0.29) is 11.7 Å². The van der Waals surface area contributed by atoms with Crippen molar-refractivity contribution in [2.75, 3.05) is 0 Å². The number of benzene rings is 2. The quantitative estimate of drug-likeness (QED) is 0.736. The minimum absolute atomic E-state index is 0.0583. The van der Waals surface area contributed by atoms with Gasteiger partial charge in [0.1, 0.15) is 0 Å². The van der Waals surface area contributed by atoms with Gasteiger partial charge in [-0.25, -0.2) is 0 Å². The summed E-state index contributed by atoms with van der Waals surface area (Å²) in [7, 11) is 0. The van der Waals surface area contributed by atoms with E-state index in [0.717, 1.165) is 12.0 Å². The lowest BCUT2D eigenvalue weighted by molar-refractivity contribution is 0.0939. The number of rotatable bonds is 4. The molecule has 1 nitrogen and oxygen atoms in total. The number of ketones is 1. The number of carbonyl (C=O) groups is 1. The van der Waals surface area contributed by atoms with E-state index in [9.17, 15) is 4.79 Å². The van der Waals surface area contributed by atoms with Crippen LogP contribution in [0.4, 0.5) is 0 Å². The van der Waals surface area contributed by atoms with Crippen LogP contribution >= 0.6 is 0 Å². The Balaban J connectivity index is 2.10. The number of aryl methyl sites for hydroxylation is 1. The molecule has 0 heterocycles. The number of Topliss-reactive ketones (excluding diaryl/α,β-unsaturated/α-hetero) is 1. The van der Waals surface area contributed by atoms with Crippen LogP contribution in [-0.2, 0) is 6.42 Å². The first-order valence-corrected chi connectivity index (χ1v) is 6.75. The highest BCUT2D eigenvalue weighted by atomic mass is 16.1. The summed E-state index contributed by atoms with van der Waals surface area (Å²) in [6.07, 6.45) is 0.913. The zero-order valence-corrected chi connectivity index (χ0v) is 11.8. The van der Waals surface area contributed by atoms with Gasteiger partial charge in [-0.15, -0.1) is 0 Å². The molecule has 0 atom stereocenters. The first-order chi connectivity index (χ1) is 9.06. The van der Waals surface area contributed by atoms with Gasteiger partial charge in [-0.2, -0.15) is 0 Å². The molecule has 2 aromatic rings. The average Bonchev–Trinajstić information content (AvgIpc) is 2.41. The van der Waals surface area contributed by atoms with Crippen molar-refractivity contribution in [3.63, 3.8) is 0 Å². The summed E-state index contributed by atoms with van der Waals surface area (Å²) in [4.78, 5) is 11.9. The van der Waals surface area contributed by atoms with E-state index in [1.807, 2.05) is 26.0 Å². The van der Waals surface area contributed by atoms with Crippen molar-refractivity contribution >= 4 is 5.78 Å². The summed E-state index contributed by atoms with van der Waals surface area (Å²) >= 11 is 0. The van der Waals surface area contributed by atoms with Crippen LogP contribution in [0.2, 0.25) is 0 Å². The summed E-state index contributed by atoms with van der Waals surface area (Å²) in [5, 5.41) is 0. The molecule has 19 heavy (non-hydrogen) atoms. The van der Waals surface area contributed by atoms with Crippen LogP contribution in [0.1, 0.15) is 40.9 Å². The fourth-order valence-corrected chi connectivity index (χ4v) is 2.06. The highest BCUT2D eigenvalue weighted by Gasteiger charge is 2.09. The summed E-state index contributed by atoms with van der Waals surface area (Å²) in [6.45, 7) is 5.96. The van der Waals surface area contributed by atoms with Crippen LogP contribution in [0, 0.1) is 12.8 Å². The van der Waals surface area contributed by atoms with Crippen molar-refractivity contribution in [3.05, 3.63) is 70.8 Å². The zero-order chi connectivity index (χ0) is 13.8. The molecule has 0 aliphatic heterocycles. The maximum Gasteiger partial charge on any atom is 0.165 e. The van der Waals surface area contributed by atoms with Crippen molar-refractivity contribution in [2.45, 2.75) is 27.2 Å². The molecular formula is C18H20O. The van der Waals surface area contributed by atoms with Crippen LogP contribution in [0.15, 0.2) is 48.5 Å². The molecule has 0 amide bonds. The van der Waals surface area contributed by atoms with Gasteiger partial charge in [0, 0.05) is 11.5 Å². The van der Waals surface area contributed by atoms with Crippen LogP contribution in [0.25, 0.3) is 0 Å². The molecule has 0 N–H and O–H groups in total. The predicted octanol–water partition coefficient (Wildman–Crippen LogP) is 4.42. The molecule has 0 unspecified atom stereocenters. The first kappa shape index (κ1) is 13.5. The van der Waals surface area contributed by atoms with E-state index >= 15 is 0 Å². The van der Waals surface area contributed by atoms with Crippen molar-refractivity contribution in [2.24, 2.45) is 5.92 Å². The summed E-state index contributed by atoms with van der Waals surface area (Å²) < 4.78 is 0. The molecule has 0 aliphatic carbocycles.